The highest BCUT2D eigenvalue weighted by atomic mass is 32.2. The van der Waals surface area contributed by atoms with Crippen LogP contribution in [-0.2, 0) is 4.79 Å². The van der Waals surface area contributed by atoms with Gasteiger partial charge in [0.1, 0.15) is 0 Å². The van der Waals surface area contributed by atoms with Gasteiger partial charge >= 0.3 is 0 Å². The van der Waals surface area contributed by atoms with Gasteiger partial charge in [-0.15, -0.1) is 0 Å². The summed E-state index contributed by atoms with van der Waals surface area (Å²) >= 11 is 1.97. The molecule has 1 fully saturated rings. The molecule has 0 radical (unpaired) electrons. The van der Waals surface area contributed by atoms with Gasteiger partial charge in [0.15, 0.2) is 0 Å². The predicted octanol–water partition coefficient (Wildman–Crippen LogP) is 1.77. The molecule has 3 nitrogen and oxygen atoms in total. The Morgan fingerprint density at radius 1 is 1.44 bits per heavy atom. The molecule has 1 rings (SSSR count). The van der Waals surface area contributed by atoms with Gasteiger partial charge in [-0.1, -0.05) is 0 Å². The molecule has 0 spiro atoms. The van der Waals surface area contributed by atoms with Gasteiger partial charge < -0.3 is 10.6 Å². The summed E-state index contributed by atoms with van der Waals surface area (Å²) in [4.78, 5) is 11.4. The molecule has 1 saturated carbocycles. The molecule has 0 bridgehead atoms. The van der Waals surface area contributed by atoms with Crippen molar-refractivity contribution in [3.8, 4) is 0 Å². The van der Waals surface area contributed by atoms with Crippen molar-refractivity contribution in [3.05, 3.63) is 0 Å². The number of thioether (sulfide) groups is 1. The lowest BCUT2D eigenvalue weighted by Crippen LogP contribution is -2.35. The number of carbonyl (C=O) groups excluding carboxylic acids is 1. The minimum absolute atomic E-state index is 0.155. The van der Waals surface area contributed by atoms with Crippen LogP contribution in [0.4, 0.5) is 0 Å². The third-order valence-electron chi connectivity index (χ3n) is 2.95. The van der Waals surface area contributed by atoms with Crippen molar-refractivity contribution in [2.45, 2.75) is 56.9 Å². The van der Waals surface area contributed by atoms with Crippen LogP contribution in [0.3, 0.4) is 0 Å². The SMILES string of the molecule is CSC1CCC(NCCC(=O)NC(C)C)C1. The molecule has 2 N–H and O–H groups in total. The maximum absolute atomic E-state index is 11.4. The van der Waals surface area contributed by atoms with E-state index in [4.69, 9.17) is 0 Å². The van der Waals surface area contributed by atoms with Gasteiger partial charge in [-0.05, 0) is 39.4 Å². The van der Waals surface area contributed by atoms with Crippen LogP contribution in [0, 0.1) is 0 Å². The zero-order chi connectivity index (χ0) is 12.0. The minimum atomic E-state index is 0.155. The number of rotatable bonds is 6. The van der Waals surface area contributed by atoms with Crippen LogP contribution < -0.4 is 10.6 Å². The van der Waals surface area contributed by atoms with Crippen molar-refractivity contribution in [2.24, 2.45) is 0 Å². The van der Waals surface area contributed by atoms with E-state index >= 15 is 0 Å². The molecule has 0 aromatic rings. The monoisotopic (exact) mass is 244 g/mol. The number of hydrogen-bond donors (Lipinski definition) is 2. The van der Waals surface area contributed by atoms with Crippen LogP contribution >= 0.6 is 11.8 Å². The van der Waals surface area contributed by atoms with E-state index in [0.717, 1.165) is 11.8 Å². The van der Waals surface area contributed by atoms with Gasteiger partial charge in [-0.2, -0.15) is 11.8 Å². The van der Waals surface area contributed by atoms with E-state index in [2.05, 4.69) is 16.9 Å². The van der Waals surface area contributed by atoms with Crippen molar-refractivity contribution in [1.82, 2.24) is 10.6 Å². The van der Waals surface area contributed by atoms with Crippen molar-refractivity contribution < 1.29 is 4.79 Å². The highest BCUT2D eigenvalue weighted by Crippen LogP contribution is 2.27. The van der Waals surface area contributed by atoms with Gasteiger partial charge in [-0.25, -0.2) is 0 Å². The number of hydrogen-bond acceptors (Lipinski definition) is 3. The first-order chi connectivity index (χ1) is 7.61. The Kier molecular flexibility index (Phi) is 6.21. The summed E-state index contributed by atoms with van der Waals surface area (Å²) in [5, 5.41) is 7.20. The smallest absolute Gasteiger partial charge is 0.221 e. The first-order valence-electron chi connectivity index (χ1n) is 6.17. The Balaban J connectivity index is 2.05. The summed E-state index contributed by atoms with van der Waals surface area (Å²) in [6.07, 6.45) is 6.61. The van der Waals surface area contributed by atoms with Crippen LogP contribution in [0.5, 0.6) is 0 Å². The molecule has 1 amide bonds. The van der Waals surface area contributed by atoms with Crippen LogP contribution in [0.15, 0.2) is 0 Å². The molecule has 0 aromatic heterocycles. The van der Waals surface area contributed by atoms with E-state index in [1.54, 1.807) is 0 Å². The fourth-order valence-electron chi connectivity index (χ4n) is 2.12. The fourth-order valence-corrected chi connectivity index (χ4v) is 2.92. The lowest BCUT2D eigenvalue weighted by Gasteiger charge is -2.13. The van der Waals surface area contributed by atoms with Crippen molar-refractivity contribution >= 4 is 17.7 Å². The summed E-state index contributed by atoms with van der Waals surface area (Å²) in [6, 6.07) is 0.879. The van der Waals surface area contributed by atoms with Crippen LogP contribution in [0.2, 0.25) is 0 Å². The lowest BCUT2D eigenvalue weighted by molar-refractivity contribution is -0.121. The second-order valence-corrected chi connectivity index (χ2v) is 5.93. The molecule has 0 aromatic carbocycles. The van der Waals surface area contributed by atoms with E-state index in [1.807, 2.05) is 25.6 Å². The third kappa shape index (κ3) is 5.21. The molecule has 0 aliphatic heterocycles. The molecule has 2 atom stereocenters. The average Bonchev–Trinajstić information content (AvgIpc) is 2.64. The Labute approximate surface area is 103 Å². The predicted molar refractivity (Wildman–Crippen MR) is 70.8 cm³/mol. The van der Waals surface area contributed by atoms with Gasteiger partial charge in [0.25, 0.3) is 0 Å². The number of carbonyl (C=O) groups is 1. The zero-order valence-corrected chi connectivity index (χ0v) is 11.4. The molecule has 0 heterocycles. The molecule has 2 unspecified atom stereocenters. The van der Waals surface area contributed by atoms with Gasteiger partial charge in [0, 0.05) is 30.3 Å². The normalized spacial score (nSPS) is 25.0. The molecule has 0 saturated heterocycles. The quantitative estimate of drug-likeness (QED) is 0.748. The second-order valence-electron chi connectivity index (χ2n) is 4.79. The Hall–Kier alpha value is -0.220. The summed E-state index contributed by atoms with van der Waals surface area (Å²) in [5.41, 5.74) is 0. The Bertz CT molecular complexity index is 221. The highest BCUT2D eigenvalue weighted by Gasteiger charge is 2.23. The van der Waals surface area contributed by atoms with E-state index in [9.17, 15) is 4.79 Å². The fraction of sp³-hybridized carbons (Fsp3) is 0.917. The van der Waals surface area contributed by atoms with E-state index < -0.39 is 0 Å². The Morgan fingerprint density at radius 2 is 2.19 bits per heavy atom. The summed E-state index contributed by atoms with van der Waals surface area (Å²) in [6.45, 7) is 4.79. The van der Waals surface area contributed by atoms with Crippen molar-refractivity contribution in [2.75, 3.05) is 12.8 Å². The molecule has 4 heteroatoms. The summed E-state index contributed by atoms with van der Waals surface area (Å²) in [5.74, 6) is 0.155. The van der Waals surface area contributed by atoms with E-state index in [1.165, 1.54) is 19.3 Å². The first-order valence-corrected chi connectivity index (χ1v) is 7.46. The standard InChI is InChI=1S/C12H24N2OS/c1-9(2)14-12(15)6-7-13-10-4-5-11(8-10)16-3/h9-11,13H,4-8H2,1-3H3,(H,14,15). The average molecular weight is 244 g/mol. The van der Waals surface area contributed by atoms with E-state index in [-0.39, 0.29) is 11.9 Å². The highest BCUT2D eigenvalue weighted by molar-refractivity contribution is 7.99. The van der Waals surface area contributed by atoms with Crippen molar-refractivity contribution in [3.63, 3.8) is 0 Å². The molecular weight excluding hydrogens is 220 g/mol. The maximum atomic E-state index is 11.4. The van der Waals surface area contributed by atoms with E-state index in [0.29, 0.717) is 12.5 Å². The third-order valence-corrected chi connectivity index (χ3v) is 4.05. The molecule has 94 valence electrons. The van der Waals surface area contributed by atoms with Gasteiger partial charge in [0.2, 0.25) is 5.91 Å². The summed E-state index contributed by atoms with van der Waals surface area (Å²) < 4.78 is 0. The zero-order valence-electron chi connectivity index (χ0n) is 10.6. The van der Waals surface area contributed by atoms with Crippen LogP contribution in [-0.4, -0.2) is 36.0 Å². The molecular formula is C12H24N2OS. The van der Waals surface area contributed by atoms with Crippen molar-refractivity contribution in [1.29, 1.82) is 0 Å². The minimum Gasteiger partial charge on any atom is -0.354 e. The maximum Gasteiger partial charge on any atom is 0.221 e. The Morgan fingerprint density at radius 3 is 2.75 bits per heavy atom. The summed E-state index contributed by atoms with van der Waals surface area (Å²) in [7, 11) is 0. The topological polar surface area (TPSA) is 41.1 Å². The largest absolute Gasteiger partial charge is 0.354 e. The molecule has 1 aliphatic carbocycles. The molecule has 1 aliphatic rings. The number of amides is 1. The second kappa shape index (κ2) is 7.17. The van der Waals surface area contributed by atoms with Crippen LogP contribution in [0.25, 0.3) is 0 Å². The van der Waals surface area contributed by atoms with Gasteiger partial charge in [0.05, 0.1) is 0 Å². The number of nitrogens with one attached hydrogen (secondary N) is 2. The lowest BCUT2D eigenvalue weighted by atomic mass is 10.2. The van der Waals surface area contributed by atoms with Crippen LogP contribution in [0.1, 0.15) is 39.5 Å². The van der Waals surface area contributed by atoms with Gasteiger partial charge in [-0.3, -0.25) is 4.79 Å². The first kappa shape index (κ1) is 13.8. The molecule has 16 heavy (non-hydrogen) atoms.